The predicted octanol–water partition coefficient (Wildman–Crippen LogP) is 1.02. The van der Waals surface area contributed by atoms with Gasteiger partial charge in [-0.1, -0.05) is 6.42 Å². The number of hydrogen-bond donors (Lipinski definition) is 0. The summed E-state index contributed by atoms with van der Waals surface area (Å²) in [6.45, 7) is 4.40. The molecule has 0 aromatic heterocycles. The Morgan fingerprint density at radius 3 is 2.92 bits per heavy atom. The molecule has 1 aliphatic heterocycles. The van der Waals surface area contributed by atoms with Crippen LogP contribution in [0.5, 0.6) is 0 Å². The Morgan fingerprint density at radius 2 is 2.23 bits per heavy atom. The third-order valence-corrected chi connectivity index (χ3v) is 4.56. The van der Waals surface area contributed by atoms with E-state index in [-0.39, 0.29) is 5.60 Å². The number of ether oxygens (including phenoxy) is 1. The van der Waals surface area contributed by atoms with Crippen LogP contribution in [0.3, 0.4) is 0 Å². The first-order valence-corrected chi connectivity index (χ1v) is 6.15. The van der Waals surface area contributed by atoms with Gasteiger partial charge in [0.15, 0.2) is 0 Å². The molecular formula is C10H20O2Si. The number of rotatable bonds is 3. The highest BCUT2D eigenvalue weighted by atomic mass is 28.2. The highest BCUT2D eigenvalue weighted by Gasteiger charge is 2.48. The summed E-state index contributed by atoms with van der Waals surface area (Å²) >= 11 is 0. The highest BCUT2D eigenvalue weighted by Crippen LogP contribution is 2.44. The van der Waals surface area contributed by atoms with Gasteiger partial charge in [0.1, 0.15) is 10.5 Å². The van der Waals surface area contributed by atoms with Gasteiger partial charge in [0.25, 0.3) is 0 Å². The van der Waals surface area contributed by atoms with E-state index in [1.807, 2.05) is 0 Å². The van der Waals surface area contributed by atoms with Crippen molar-refractivity contribution in [2.75, 3.05) is 0 Å². The summed E-state index contributed by atoms with van der Waals surface area (Å²) in [5.41, 5.74) is 0.0880. The van der Waals surface area contributed by atoms with E-state index in [1.54, 1.807) is 0 Å². The smallest absolute Gasteiger partial charge is 0.146 e. The molecule has 3 atom stereocenters. The van der Waals surface area contributed by atoms with Gasteiger partial charge in [-0.3, -0.25) is 0 Å². The summed E-state index contributed by atoms with van der Waals surface area (Å²) in [7, 11) is 0.844. The zero-order valence-corrected chi connectivity index (χ0v) is 10.9. The van der Waals surface area contributed by atoms with Gasteiger partial charge in [0, 0.05) is 5.60 Å². The van der Waals surface area contributed by atoms with E-state index in [1.165, 1.54) is 25.7 Å². The standard InChI is InChI=1S/C10H20O2Si/c1-10(2,12-13)6-7-4-3-5-8-9(7)11-8/h7-9H,3-6H2,1-2,13H3. The molecule has 0 N–H and O–H groups in total. The molecule has 1 heterocycles. The fourth-order valence-corrected chi connectivity index (χ4v) is 2.65. The van der Waals surface area contributed by atoms with Gasteiger partial charge in [-0.25, -0.2) is 0 Å². The van der Waals surface area contributed by atoms with Gasteiger partial charge in [-0.05, 0) is 39.0 Å². The van der Waals surface area contributed by atoms with Crippen molar-refractivity contribution in [3.05, 3.63) is 0 Å². The fraction of sp³-hybridized carbons (Fsp3) is 1.00. The summed E-state index contributed by atoms with van der Waals surface area (Å²) in [5, 5.41) is 0. The summed E-state index contributed by atoms with van der Waals surface area (Å²) in [5.74, 6) is 0.766. The third-order valence-electron chi connectivity index (χ3n) is 3.46. The molecule has 13 heavy (non-hydrogen) atoms. The highest BCUT2D eigenvalue weighted by molar-refractivity contribution is 5.98. The van der Waals surface area contributed by atoms with Crippen LogP contribution in [-0.2, 0) is 9.16 Å². The van der Waals surface area contributed by atoms with Crippen LogP contribution in [0.25, 0.3) is 0 Å². The Kier molecular flexibility index (Phi) is 2.51. The molecule has 0 amide bonds. The fourth-order valence-electron chi connectivity index (χ4n) is 2.48. The van der Waals surface area contributed by atoms with Crippen molar-refractivity contribution in [1.82, 2.24) is 0 Å². The second kappa shape index (κ2) is 3.37. The van der Waals surface area contributed by atoms with Crippen molar-refractivity contribution < 1.29 is 9.16 Å². The Bertz CT molecular complexity index is 193. The monoisotopic (exact) mass is 200 g/mol. The van der Waals surface area contributed by atoms with Crippen LogP contribution in [0, 0.1) is 5.92 Å². The average molecular weight is 200 g/mol. The second-order valence-electron chi connectivity index (χ2n) is 5.00. The molecule has 0 radical (unpaired) electrons. The summed E-state index contributed by atoms with van der Waals surface area (Å²) in [6.07, 6.45) is 6.37. The largest absolute Gasteiger partial charge is 0.423 e. The normalized spacial score (nSPS) is 38.8. The molecule has 0 aromatic carbocycles. The van der Waals surface area contributed by atoms with Gasteiger partial charge in [0.05, 0.1) is 12.2 Å². The first-order chi connectivity index (χ1) is 6.12. The summed E-state index contributed by atoms with van der Waals surface area (Å²) < 4.78 is 11.2. The predicted molar refractivity (Wildman–Crippen MR) is 55.7 cm³/mol. The van der Waals surface area contributed by atoms with E-state index in [9.17, 15) is 0 Å². The maximum atomic E-state index is 5.64. The second-order valence-corrected chi connectivity index (χ2v) is 5.41. The molecule has 2 aliphatic rings. The number of hydrogen-bond acceptors (Lipinski definition) is 2. The van der Waals surface area contributed by atoms with E-state index in [0.717, 1.165) is 16.4 Å². The Hall–Kier alpha value is 0.137. The molecule has 0 bridgehead atoms. The quantitative estimate of drug-likeness (QED) is 0.501. The lowest BCUT2D eigenvalue weighted by atomic mass is 9.82. The van der Waals surface area contributed by atoms with Crippen molar-refractivity contribution in [2.45, 2.75) is 57.3 Å². The maximum Gasteiger partial charge on any atom is 0.146 e. The van der Waals surface area contributed by atoms with Gasteiger partial charge >= 0.3 is 0 Å². The van der Waals surface area contributed by atoms with Gasteiger partial charge in [-0.15, -0.1) is 0 Å². The minimum Gasteiger partial charge on any atom is -0.423 e. The molecule has 3 heteroatoms. The maximum absolute atomic E-state index is 5.64. The SMILES string of the molecule is CC(C)(CC1CCCC2OC12)O[SiH3]. The van der Waals surface area contributed by atoms with E-state index < -0.39 is 0 Å². The van der Waals surface area contributed by atoms with Crippen molar-refractivity contribution in [1.29, 1.82) is 0 Å². The summed E-state index contributed by atoms with van der Waals surface area (Å²) in [6, 6.07) is 0. The Balaban J connectivity index is 1.87. The van der Waals surface area contributed by atoms with Crippen molar-refractivity contribution >= 4 is 10.5 Å². The first kappa shape index (κ1) is 9.68. The molecule has 2 nitrogen and oxygen atoms in total. The molecule has 0 aromatic rings. The number of epoxide rings is 1. The van der Waals surface area contributed by atoms with Crippen LogP contribution in [0.15, 0.2) is 0 Å². The molecule has 2 fully saturated rings. The third kappa shape index (κ3) is 2.14. The van der Waals surface area contributed by atoms with E-state index in [2.05, 4.69) is 13.8 Å². The Morgan fingerprint density at radius 1 is 1.46 bits per heavy atom. The molecule has 1 saturated heterocycles. The zero-order valence-electron chi connectivity index (χ0n) is 8.88. The minimum atomic E-state index is 0.0880. The van der Waals surface area contributed by atoms with Crippen LogP contribution >= 0.6 is 0 Å². The van der Waals surface area contributed by atoms with Gasteiger partial charge in [0.2, 0.25) is 0 Å². The molecule has 2 rings (SSSR count). The lowest BCUT2D eigenvalue weighted by Gasteiger charge is -2.29. The van der Waals surface area contributed by atoms with E-state index in [4.69, 9.17) is 9.16 Å². The Labute approximate surface area is 83.5 Å². The molecular weight excluding hydrogens is 180 g/mol. The van der Waals surface area contributed by atoms with Crippen LogP contribution in [0.4, 0.5) is 0 Å². The molecule has 1 aliphatic carbocycles. The van der Waals surface area contributed by atoms with Crippen LogP contribution in [0.1, 0.15) is 39.5 Å². The summed E-state index contributed by atoms with van der Waals surface area (Å²) in [4.78, 5) is 0. The molecule has 3 unspecified atom stereocenters. The van der Waals surface area contributed by atoms with Crippen LogP contribution in [0.2, 0.25) is 0 Å². The minimum absolute atomic E-state index is 0.0880. The van der Waals surface area contributed by atoms with Gasteiger partial charge in [-0.2, -0.15) is 0 Å². The van der Waals surface area contributed by atoms with Crippen molar-refractivity contribution in [2.24, 2.45) is 5.92 Å². The van der Waals surface area contributed by atoms with Gasteiger partial charge < -0.3 is 9.16 Å². The lowest BCUT2D eigenvalue weighted by Crippen LogP contribution is -2.30. The van der Waals surface area contributed by atoms with Crippen LogP contribution < -0.4 is 0 Å². The average Bonchev–Trinajstić information content (AvgIpc) is 2.84. The first-order valence-electron chi connectivity index (χ1n) is 5.33. The van der Waals surface area contributed by atoms with Crippen molar-refractivity contribution in [3.63, 3.8) is 0 Å². The van der Waals surface area contributed by atoms with E-state index in [0.29, 0.717) is 12.2 Å². The zero-order chi connectivity index (χ0) is 9.47. The molecule has 76 valence electrons. The molecule has 0 spiro atoms. The lowest BCUT2D eigenvalue weighted by molar-refractivity contribution is 0.0800. The topological polar surface area (TPSA) is 21.8 Å². The van der Waals surface area contributed by atoms with Crippen LogP contribution in [-0.4, -0.2) is 28.3 Å². The van der Waals surface area contributed by atoms with Crippen molar-refractivity contribution in [3.8, 4) is 0 Å². The molecule has 1 saturated carbocycles. The van der Waals surface area contributed by atoms with E-state index >= 15 is 0 Å². The number of fused-ring (bicyclic) bond motifs is 1.